The van der Waals surface area contributed by atoms with Crippen molar-refractivity contribution in [3.63, 3.8) is 0 Å². The van der Waals surface area contributed by atoms with Gasteiger partial charge in [0, 0.05) is 18.4 Å². The third-order valence-corrected chi connectivity index (χ3v) is 13.0. The number of rotatable bonds is 9. The number of aromatic nitrogens is 2. The zero-order valence-corrected chi connectivity index (χ0v) is 30.8. The van der Waals surface area contributed by atoms with Gasteiger partial charge >= 0.3 is 12.1 Å². The number of allylic oxidation sites excluding steroid dienone is 1. The van der Waals surface area contributed by atoms with Crippen LogP contribution in [0.25, 0.3) is 10.9 Å². The number of nitrogens with zero attached hydrogens (tertiary/aromatic N) is 3. The van der Waals surface area contributed by atoms with Crippen LogP contribution in [0.3, 0.4) is 0 Å². The van der Waals surface area contributed by atoms with Crippen molar-refractivity contribution in [2.24, 2.45) is 17.8 Å². The van der Waals surface area contributed by atoms with Gasteiger partial charge < -0.3 is 34.9 Å². The molecular weight excluding hydrogens is 715 g/mol. The van der Waals surface area contributed by atoms with E-state index in [1.54, 1.807) is 31.2 Å². The van der Waals surface area contributed by atoms with E-state index < -0.39 is 80.8 Å². The van der Waals surface area contributed by atoms with Crippen molar-refractivity contribution in [2.75, 3.05) is 27.4 Å². The third-order valence-electron chi connectivity index (χ3n) is 10.9. The molecule has 1 aromatic carbocycles. The number of alkyl halides is 1. The van der Waals surface area contributed by atoms with Gasteiger partial charge in [0.25, 0.3) is 5.91 Å². The van der Waals surface area contributed by atoms with E-state index in [-0.39, 0.29) is 50.0 Å². The van der Waals surface area contributed by atoms with Crippen molar-refractivity contribution >= 4 is 44.7 Å². The van der Waals surface area contributed by atoms with Crippen LogP contribution in [0.15, 0.2) is 30.4 Å². The van der Waals surface area contributed by atoms with Gasteiger partial charge in [0.1, 0.15) is 40.9 Å². The fourth-order valence-corrected chi connectivity index (χ4v) is 8.84. The first kappa shape index (κ1) is 38.0. The van der Waals surface area contributed by atoms with Crippen LogP contribution < -0.4 is 29.6 Å². The van der Waals surface area contributed by atoms with Crippen molar-refractivity contribution < 1.29 is 51.3 Å². The van der Waals surface area contributed by atoms with Crippen LogP contribution >= 0.6 is 0 Å². The van der Waals surface area contributed by atoms with E-state index in [4.69, 9.17) is 14.2 Å². The second-order valence-electron chi connectivity index (χ2n) is 14.7. The molecule has 288 valence electrons. The Morgan fingerprint density at radius 3 is 2.55 bits per heavy atom. The van der Waals surface area contributed by atoms with Crippen molar-refractivity contribution in [3.05, 3.63) is 30.4 Å². The summed E-state index contributed by atoms with van der Waals surface area (Å²) in [6.07, 6.45) is 3.27. The summed E-state index contributed by atoms with van der Waals surface area (Å²) in [6, 6.07) is 2.56. The van der Waals surface area contributed by atoms with E-state index >= 15 is 0 Å². The van der Waals surface area contributed by atoms with Gasteiger partial charge in [0.15, 0.2) is 0 Å². The molecule has 4 aliphatic rings. The minimum atomic E-state index is -4.40. The lowest BCUT2D eigenvalue weighted by Crippen LogP contribution is -2.59. The van der Waals surface area contributed by atoms with E-state index in [9.17, 15) is 37.1 Å². The Morgan fingerprint density at radius 1 is 1.13 bits per heavy atom. The Labute approximate surface area is 306 Å². The van der Waals surface area contributed by atoms with Gasteiger partial charge in [-0.1, -0.05) is 26.0 Å². The van der Waals surface area contributed by atoms with E-state index in [1.165, 1.54) is 19.1 Å². The topological polar surface area (TPSA) is 215 Å². The van der Waals surface area contributed by atoms with Crippen LogP contribution in [0.2, 0.25) is 0 Å². The minimum absolute atomic E-state index is 0.00689. The highest BCUT2D eigenvalue weighted by atomic mass is 32.2. The minimum Gasteiger partial charge on any atom is -0.497 e. The number of halogens is 1. The van der Waals surface area contributed by atoms with Crippen LogP contribution in [0.5, 0.6) is 17.6 Å². The first-order valence-electron chi connectivity index (χ1n) is 17.6. The summed E-state index contributed by atoms with van der Waals surface area (Å²) in [7, 11) is -1.51. The average Bonchev–Trinajstić information content (AvgIpc) is 4.02. The van der Waals surface area contributed by atoms with E-state index in [2.05, 4.69) is 20.6 Å². The Morgan fingerprint density at radius 2 is 1.89 bits per heavy atom. The van der Waals surface area contributed by atoms with Crippen LogP contribution in [0.1, 0.15) is 58.8 Å². The van der Waals surface area contributed by atoms with E-state index in [1.807, 2.05) is 17.7 Å². The molecule has 3 fully saturated rings. The Bertz CT molecular complexity index is 1920. The van der Waals surface area contributed by atoms with Crippen molar-refractivity contribution in [3.8, 4) is 17.6 Å². The highest BCUT2D eigenvalue weighted by molar-refractivity contribution is 7.91. The van der Waals surface area contributed by atoms with Crippen molar-refractivity contribution in [2.45, 2.75) is 87.3 Å². The number of nitrogens with one attached hydrogen (secondary N) is 3. The van der Waals surface area contributed by atoms with Gasteiger partial charge in [-0.25, -0.2) is 17.6 Å². The number of hydrogen-bond donors (Lipinski definition) is 4. The Hall–Kier alpha value is -4.74. The number of fused-ring (bicyclic) bond motifs is 3. The molecule has 1 saturated heterocycles. The number of amides is 4. The van der Waals surface area contributed by atoms with E-state index in [0.717, 1.165) is 0 Å². The molecular formula is C35H45FN6O10S. The lowest BCUT2D eigenvalue weighted by molar-refractivity contribution is -0.142. The summed E-state index contributed by atoms with van der Waals surface area (Å²) < 4.78 is 57.3. The molecule has 18 heteroatoms. The second kappa shape index (κ2) is 14.6. The molecule has 16 nitrogen and oxygen atoms in total. The maximum Gasteiger partial charge on any atom is 0.405 e. The molecule has 53 heavy (non-hydrogen) atoms. The number of sulfonamides is 1. The molecule has 0 unspecified atom stereocenters. The number of ether oxygens (including phenoxy) is 3. The number of carboxylic acid groups (broad SMARTS) is 1. The lowest BCUT2D eigenvalue weighted by atomic mass is 9.88. The molecule has 4 amide bonds. The summed E-state index contributed by atoms with van der Waals surface area (Å²) in [5.74, 6) is -2.75. The standard InChI is InChI=1S/C35H45FN6O10S/c1-19-7-5-6-8-21-16-35(21,31(45)41-53(48,49)34(18-36)11-12-34)40-28(43)26-15-23(17-42(26)30(44)27(20(2)13-19)38-33(46)47)52-29-24-10-9-22(50-3)14-25(24)37-32(39-29)51-4/h6,8-10,14,19-21,23,26-27,38H,5,7,11-13,15-18H2,1-4H3,(H,40,43)(H,41,45)(H,46,47)/t19-,20-,21-,23-,26+,27+,35-/m1/s1. The summed E-state index contributed by atoms with van der Waals surface area (Å²) in [5.41, 5.74) is -1.24. The molecule has 0 spiro atoms. The number of benzene rings is 1. The summed E-state index contributed by atoms with van der Waals surface area (Å²) in [5, 5.41) is 15.4. The van der Waals surface area contributed by atoms with Crippen molar-refractivity contribution in [1.29, 1.82) is 0 Å². The monoisotopic (exact) mass is 760 g/mol. The van der Waals surface area contributed by atoms with Crippen LogP contribution in [0, 0.1) is 17.8 Å². The number of methoxy groups -OCH3 is 2. The van der Waals surface area contributed by atoms with Gasteiger partial charge in [-0.15, -0.1) is 0 Å². The van der Waals surface area contributed by atoms with E-state index in [0.29, 0.717) is 35.9 Å². The van der Waals surface area contributed by atoms with Gasteiger partial charge in [-0.2, -0.15) is 9.97 Å². The maximum atomic E-state index is 14.4. The fourth-order valence-electron chi connectivity index (χ4n) is 7.41. The summed E-state index contributed by atoms with van der Waals surface area (Å²) >= 11 is 0. The summed E-state index contributed by atoms with van der Waals surface area (Å²) in [4.78, 5) is 64.5. The van der Waals surface area contributed by atoms with Crippen LogP contribution in [-0.4, -0.2) is 108 Å². The molecule has 6 rings (SSSR count). The molecule has 4 N–H and O–H groups in total. The molecule has 2 aromatic rings. The maximum absolute atomic E-state index is 14.4. The molecule has 0 radical (unpaired) electrons. The molecule has 2 saturated carbocycles. The average molecular weight is 761 g/mol. The Kier molecular flexibility index (Phi) is 10.5. The predicted octanol–water partition coefficient (Wildman–Crippen LogP) is 2.47. The van der Waals surface area contributed by atoms with Crippen molar-refractivity contribution in [1.82, 2.24) is 30.2 Å². The zero-order chi connectivity index (χ0) is 38.3. The molecule has 2 aliphatic carbocycles. The lowest BCUT2D eigenvalue weighted by Gasteiger charge is -2.32. The summed E-state index contributed by atoms with van der Waals surface area (Å²) in [6.45, 7) is 2.46. The molecule has 2 aliphatic heterocycles. The van der Waals surface area contributed by atoms with Crippen LogP contribution in [-0.2, 0) is 24.4 Å². The normalized spacial score (nSPS) is 29.8. The SMILES string of the molecule is COc1ccc2c(O[C@@H]3C[C@H]4C(=O)N[C@]5(C(=O)NS(=O)(=O)C6(CF)CC6)C[C@H]5C=CCC[C@@H](C)C[C@@H](C)[C@H](NC(=O)O)C(=O)N4C3)nc(OC)nc2c1. The zero-order valence-electron chi connectivity index (χ0n) is 30.0. The quantitative estimate of drug-likeness (QED) is 0.271. The van der Waals surface area contributed by atoms with Crippen LogP contribution in [0.4, 0.5) is 9.18 Å². The molecule has 7 atom stereocenters. The van der Waals surface area contributed by atoms with Gasteiger partial charge in [-0.3, -0.25) is 19.1 Å². The number of carbonyl (C=O) groups is 4. The van der Waals surface area contributed by atoms with Gasteiger partial charge in [0.2, 0.25) is 27.7 Å². The number of hydrogen-bond acceptors (Lipinski definition) is 11. The molecule has 1 aromatic heterocycles. The number of carbonyl (C=O) groups excluding carboxylic acids is 3. The molecule has 0 bridgehead atoms. The predicted molar refractivity (Wildman–Crippen MR) is 187 cm³/mol. The van der Waals surface area contributed by atoms with Gasteiger partial charge in [0.05, 0.1) is 31.7 Å². The molecule has 3 heterocycles. The first-order valence-corrected chi connectivity index (χ1v) is 19.1. The van der Waals surface area contributed by atoms with Gasteiger partial charge in [-0.05, 0) is 62.5 Å². The third kappa shape index (κ3) is 7.55. The largest absolute Gasteiger partial charge is 0.497 e. The smallest absolute Gasteiger partial charge is 0.405 e. The fraction of sp³-hybridized carbons (Fsp3) is 0.600. The highest BCUT2D eigenvalue weighted by Crippen LogP contribution is 2.48. The highest BCUT2D eigenvalue weighted by Gasteiger charge is 2.64. The first-order chi connectivity index (χ1) is 25.2. The Balaban J connectivity index is 1.35. The second-order valence-corrected chi connectivity index (χ2v) is 16.7.